The molecule has 1 unspecified atom stereocenters. The Labute approximate surface area is 111 Å². The number of benzene rings is 1. The van der Waals surface area contributed by atoms with E-state index in [1.54, 1.807) is 0 Å². The Hall–Kier alpha value is -0.530. The Morgan fingerprint density at radius 2 is 1.94 bits per heavy atom. The summed E-state index contributed by atoms with van der Waals surface area (Å²) in [6.07, 6.45) is 1.03. The normalized spacial score (nSPS) is 14.9. The summed E-state index contributed by atoms with van der Waals surface area (Å²) in [7, 11) is 0. The first kappa shape index (κ1) is 14.5. The van der Waals surface area contributed by atoms with Crippen LogP contribution in [0.2, 0.25) is 5.02 Å². The van der Waals surface area contributed by atoms with Gasteiger partial charge in [-0.1, -0.05) is 57.5 Å². The van der Waals surface area contributed by atoms with Crippen LogP contribution < -0.4 is 5.32 Å². The van der Waals surface area contributed by atoms with E-state index in [-0.39, 0.29) is 5.41 Å². The van der Waals surface area contributed by atoms with Crippen LogP contribution >= 0.6 is 11.6 Å². The summed E-state index contributed by atoms with van der Waals surface area (Å²) in [6.45, 7) is 11.1. The highest BCUT2D eigenvalue weighted by atomic mass is 35.5. The van der Waals surface area contributed by atoms with Crippen molar-refractivity contribution in [2.75, 3.05) is 13.1 Å². The molecule has 1 aromatic carbocycles. The molecule has 0 bridgehead atoms. The van der Waals surface area contributed by atoms with Crippen LogP contribution in [0.1, 0.15) is 33.3 Å². The van der Waals surface area contributed by atoms with E-state index in [1.807, 2.05) is 12.1 Å². The summed E-state index contributed by atoms with van der Waals surface area (Å²) in [6, 6.07) is 8.16. The van der Waals surface area contributed by atoms with E-state index in [1.165, 1.54) is 5.56 Å². The van der Waals surface area contributed by atoms with Gasteiger partial charge in [0.05, 0.1) is 0 Å². The van der Waals surface area contributed by atoms with Gasteiger partial charge >= 0.3 is 0 Å². The number of halogens is 1. The van der Waals surface area contributed by atoms with Crippen molar-refractivity contribution in [3.05, 3.63) is 34.9 Å². The van der Waals surface area contributed by atoms with Crippen LogP contribution in [0.5, 0.6) is 0 Å². The van der Waals surface area contributed by atoms with E-state index in [4.69, 9.17) is 11.6 Å². The molecule has 0 radical (unpaired) electrons. The third kappa shape index (κ3) is 4.01. The highest BCUT2D eigenvalue weighted by Gasteiger charge is 2.28. The Balaban J connectivity index is 2.83. The molecule has 0 spiro atoms. The molecule has 0 aliphatic rings. The monoisotopic (exact) mass is 253 g/mol. The second kappa shape index (κ2) is 6.42. The molecule has 17 heavy (non-hydrogen) atoms. The van der Waals surface area contributed by atoms with E-state index < -0.39 is 0 Å². The quantitative estimate of drug-likeness (QED) is 0.803. The molecule has 1 nitrogen and oxygen atoms in total. The van der Waals surface area contributed by atoms with Gasteiger partial charge < -0.3 is 5.32 Å². The molecule has 0 aliphatic heterocycles. The van der Waals surface area contributed by atoms with Gasteiger partial charge in [-0.05, 0) is 35.9 Å². The fourth-order valence-electron chi connectivity index (χ4n) is 1.96. The fraction of sp³-hybridized carbons (Fsp3) is 0.600. The first-order valence-electron chi connectivity index (χ1n) is 6.43. The van der Waals surface area contributed by atoms with Crippen molar-refractivity contribution in [1.29, 1.82) is 0 Å². The Kier molecular flexibility index (Phi) is 5.48. The third-order valence-corrected chi connectivity index (χ3v) is 4.09. The van der Waals surface area contributed by atoms with Crippen molar-refractivity contribution in [2.24, 2.45) is 11.3 Å². The Bertz CT molecular complexity index is 349. The molecule has 0 saturated heterocycles. The molecule has 1 aromatic rings. The average molecular weight is 254 g/mol. The molecular weight excluding hydrogens is 230 g/mol. The van der Waals surface area contributed by atoms with Gasteiger partial charge in [0.2, 0.25) is 0 Å². The second-order valence-corrected chi connectivity index (χ2v) is 5.76. The van der Waals surface area contributed by atoms with Crippen molar-refractivity contribution >= 4 is 11.6 Å². The van der Waals surface area contributed by atoms with Crippen LogP contribution in [0.15, 0.2) is 24.3 Å². The maximum atomic E-state index is 6.25. The van der Waals surface area contributed by atoms with Gasteiger partial charge in [-0.2, -0.15) is 0 Å². The number of rotatable bonds is 6. The lowest BCUT2D eigenvalue weighted by molar-refractivity contribution is 0.209. The summed E-state index contributed by atoms with van der Waals surface area (Å²) in [5.74, 6) is 0.623. The number of hydrogen-bond donors (Lipinski definition) is 1. The van der Waals surface area contributed by atoms with Crippen LogP contribution in [0.4, 0.5) is 0 Å². The van der Waals surface area contributed by atoms with Gasteiger partial charge in [0.25, 0.3) is 0 Å². The summed E-state index contributed by atoms with van der Waals surface area (Å²) in [4.78, 5) is 0. The van der Waals surface area contributed by atoms with Crippen molar-refractivity contribution in [3.8, 4) is 0 Å². The van der Waals surface area contributed by atoms with E-state index in [0.717, 1.165) is 24.5 Å². The molecular formula is C15H24ClN. The summed E-state index contributed by atoms with van der Waals surface area (Å²) in [5, 5.41) is 4.35. The van der Waals surface area contributed by atoms with Gasteiger partial charge in [0.1, 0.15) is 0 Å². The third-order valence-electron chi connectivity index (χ3n) is 3.72. The van der Waals surface area contributed by atoms with Gasteiger partial charge in [0, 0.05) is 11.6 Å². The van der Waals surface area contributed by atoms with Crippen LogP contribution in [-0.4, -0.2) is 13.1 Å². The molecule has 1 N–H and O–H groups in total. The summed E-state index contributed by atoms with van der Waals surface area (Å²) < 4.78 is 0. The molecule has 0 amide bonds. The van der Waals surface area contributed by atoms with E-state index in [2.05, 4.69) is 45.1 Å². The first-order chi connectivity index (χ1) is 7.99. The maximum Gasteiger partial charge on any atom is 0.0438 e. The van der Waals surface area contributed by atoms with Gasteiger partial charge in [-0.25, -0.2) is 0 Å². The van der Waals surface area contributed by atoms with E-state index in [9.17, 15) is 0 Å². The van der Waals surface area contributed by atoms with Crippen LogP contribution in [0, 0.1) is 11.3 Å². The highest BCUT2D eigenvalue weighted by molar-refractivity contribution is 6.31. The van der Waals surface area contributed by atoms with Crippen molar-refractivity contribution in [3.63, 3.8) is 0 Å². The molecule has 0 fully saturated rings. The minimum absolute atomic E-state index is 0.251. The molecule has 0 aliphatic carbocycles. The number of nitrogens with one attached hydrogen (secondary N) is 1. The molecule has 0 aromatic heterocycles. The predicted octanol–water partition coefficient (Wildman–Crippen LogP) is 4.15. The fourth-order valence-corrected chi connectivity index (χ4v) is 2.16. The minimum atomic E-state index is 0.251. The van der Waals surface area contributed by atoms with Gasteiger partial charge in [-0.3, -0.25) is 0 Å². The highest BCUT2D eigenvalue weighted by Crippen LogP contribution is 2.32. The van der Waals surface area contributed by atoms with E-state index >= 15 is 0 Å². The van der Waals surface area contributed by atoms with Crippen LogP contribution in [0.3, 0.4) is 0 Å². The molecule has 0 saturated carbocycles. The van der Waals surface area contributed by atoms with Crippen LogP contribution in [-0.2, 0) is 6.42 Å². The number of hydrogen-bond acceptors (Lipinski definition) is 1. The Morgan fingerprint density at radius 1 is 1.29 bits per heavy atom. The lowest BCUT2D eigenvalue weighted by Gasteiger charge is -2.34. The standard InChI is InChI=1S/C15H24ClN/c1-5-17-11-15(4,12(2)3)10-13-8-6-7-9-14(13)16/h6-9,12,17H,5,10-11H2,1-4H3. The molecule has 96 valence electrons. The van der Waals surface area contributed by atoms with Crippen LogP contribution in [0.25, 0.3) is 0 Å². The Morgan fingerprint density at radius 3 is 2.47 bits per heavy atom. The molecule has 1 rings (SSSR count). The predicted molar refractivity (Wildman–Crippen MR) is 76.6 cm³/mol. The smallest absolute Gasteiger partial charge is 0.0438 e. The lowest BCUT2D eigenvalue weighted by Crippen LogP contribution is -2.38. The summed E-state index contributed by atoms with van der Waals surface area (Å²) >= 11 is 6.25. The topological polar surface area (TPSA) is 12.0 Å². The largest absolute Gasteiger partial charge is 0.316 e. The molecule has 2 heteroatoms. The second-order valence-electron chi connectivity index (χ2n) is 5.36. The van der Waals surface area contributed by atoms with Crippen molar-refractivity contribution in [2.45, 2.75) is 34.1 Å². The summed E-state index contributed by atoms with van der Waals surface area (Å²) in [5.41, 5.74) is 1.50. The average Bonchev–Trinajstić information content (AvgIpc) is 2.29. The van der Waals surface area contributed by atoms with Crippen molar-refractivity contribution in [1.82, 2.24) is 5.32 Å². The zero-order chi connectivity index (χ0) is 12.9. The zero-order valence-electron chi connectivity index (χ0n) is 11.4. The van der Waals surface area contributed by atoms with E-state index in [0.29, 0.717) is 5.92 Å². The van der Waals surface area contributed by atoms with Gasteiger partial charge in [-0.15, -0.1) is 0 Å². The van der Waals surface area contributed by atoms with Crippen molar-refractivity contribution < 1.29 is 0 Å². The maximum absolute atomic E-state index is 6.25. The van der Waals surface area contributed by atoms with Gasteiger partial charge in [0.15, 0.2) is 0 Å². The minimum Gasteiger partial charge on any atom is -0.316 e. The molecule has 0 heterocycles. The SMILES string of the molecule is CCNCC(C)(Cc1ccccc1Cl)C(C)C. The lowest BCUT2D eigenvalue weighted by atomic mass is 9.74. The first-order valence-corrected chi connectivity index (χ1v) is 6.81. The molecule has 1 atom stereocenters. The zero-order valence-corrected chi connectivity index (χ0v) is 12.1.